The molecule has 0 saturated carbocycles. The smallest absolute Gasteiger partial charge is 0.407 e. The van der Waals surface area contributed by atoms with Gasteiger partial charge in [0.15, 0.2) is 0 Å². The highest BCUT2D eigenvalue weighted by Gasteiger charge is 2.21. The molecule has 0 radical (unpaired) electrons. The maximum absolute atomic E-state index is 11.8. The van der Waals surface area contributed by atoms with Gasteiger partial charge < -0.3 is 20.1 Å². The molecule has 2 N–H and O–H groups in total. The highest BCUT2D eigenvalue weighted by molar-refractivity contribution is 5.68. The van der Waals surface area contributed by atoms with Crippen molar-refractivity contribution in [1.82, 2.24) is 10.6 Å². The second-order valence-electron chi connectivity index (χ2n) is 8.07. The first kappa shape index (κ1) is 21.5. The average Bonchev–Trinajstić information content (AvgIpc) is 2.27. The lowest BCUT2D eigenvalue weighted by atomic mass is 9.99. The summed E-state index contributed by atoms with van der Waals surface area (Å²) in [6.45, 7) is 15.6. The molecule has 23 heavy (non-hydrogen) atoms. The second-order valence-corrected chi connectivity index (χ2v) is 8.07. The molecule has 0 aliphatic rings. The minimum absolute atomic E-state index is 0.00489. The highest BCUT2D eigenvalue weighted by Crippen LogP contribution is 2.12. The molecule has 2 amide bonds. The number of carbonyl (C=O) groups is 2. The number of amides is 2. The van der Waals surface area contributed by atoms with Gasteiger partial charge in [0.1, 0.15) is 11.2 Å². The Morgan fingerprint density at radius 1 is 0.913 bits per heavy atom. The fraction of sp³-hybridized carbons (Fsp3) is 0.882. The number of carbonyl (C=O) groups excluding carboxylic acids is 2. The summed E-state index contributed by atoms with van der Waals surface area (Å²) in [5.41, 5.74) is -1.01. The minimum Gasteiger partial charge on any atom is -0.444 e. The second kappa shape index (κ2) is 8.99. The van der Waals surface area contributed by atoms with Gasteiger partial charge in [-0.3, -0.25) is 0 Å². The van der Waals surface area contributed by atoms with Gasteiger partial charge >= 0.3 is 12.2 Å². The van der Waals surface area contributed by atoms with Gasteiger partial charge in [-0.25, -0.2) is 9.59 Å². The molecular weight excluding hydrogens is 296 g/mol. The number of rotatable bonds is 6. The van der Waals surface area contributed by atoms with Crippen molar-refractivity contribution in [2.45, 2.75) is 85.5 Å². The summed E-state index contributed by atoms with van der Waals surface area (Å²) in [5.74, 6) is 0.282. The predicted molar refractivity (Wildman–Crippen MR) is 91.5 cm³/mol. The van der Waals surface area contributed by atoms with Gasteiger partial charge in [-0.05, 0) is 60.3 Å². The molecule has 0 aromatic heterocycles. The molecule has 0 aromatic rings. The Balaban J connectivity index is 4.16. The largest absolute Gasteiger partial charge is 0.444 e. The molecule has 1 unspecified atom stereocenters. The van der Waals surface area contributed by atoms with Gasteiger partial charge in [-0.2, -0.15) is 0 Å². The van der Waals surface area contributed by atoms with E-state index in [1.54, 1.807) is 0 Å². The minimum atomic E-state index is -0.510. The maximum atomic E-state index is 11.8. The fourth-order valence-corrected chi connectivity index (χ4v) is 1.86. The van der Waals surface area contributed by atoms with Crippen molar-refractivity contribution in [3.8, 4) is 0 Å². The van der Waals surface area contributed by atoms with Crippen LogP contribution in [0.3, 0.4) is 0 Å². The van der Waals surface area contributed by atoms with Crippen molar-refractivity contribution >= 4 is 12.2 Å². The van der Waals surface area contributed by atoms with Crippen LogP contribution in [0.4, 0.5) is 9.59 Å². The fourth-order valence-electron chi connectivity index (χ4n) is 1.86. The van der Waals surface area contributed by atoms with Crippen LogP contribution in [0.25, 0.3) is 0 Å². The zero-order valence-corrected chi connectivity index (χ0v) is 15.9. The molecule has 0 aliphatic heterocycles. The first-order chi connectivity index (χ1) is 10.3. The molecule has 1 atom stereocenters. The van der Waals surface area contributed by atoms with Crippen molar-refractivity contribution in [1.29, 1.82) is 0 Å². The van der Waals surface area contributed by atoms with Gasteiger partial charge in [0.05, 0.1) is 0 Å². The quantitative estimate of drug-likeness (QED) is 0.725. The molecule has 0 spiro atoms. The van der Waals surface area contributed by atoms with Crippen molar-refractivity contribution in [3.63, 3.8) is 0 Å². The van der Waals surface area contributed by atoms with E-state index in [9.17, 15) is 9.59 Å². The number of nitrogens with one attached hydrogen (secondary N) is 2. The molecular formula is C17H34N2O4. The molecule has 0 rings (SSSR count). The Labute approximate surface area is 140 Å². The number of hydrogen-bond acceptors (Lipinski definition) is 4. The summed E-state index contributed by atoms with van der Waals surface area (Å²) in [7, 11) is 0. The standard InChI is InChI=1S/C17H34N2O4/c1-12(2)13(19-15(21)23-17(6,7)8)10-9-11-18-14(20)22-16(3,4)5/h12-13H,9-11H2,1-8H3,(H,18,20)(H,19,21). The van der Waals surface area contributed by atoms with Crippen LogP contribution in [0.15, 0.2) is 0 Å². The highest BCUT2D eigenvalue weighted by atomic mass is 16.6. The zero-order valence-electron chi connectivity index (χ0n) is 15.9. The molecule has 6 nitrogen and oxygen atoms in total. The molecule has 0 fully saturated rings. The third-order valence-corrected chi connectivity index (χ3v) is 2.87. The first-order valence-electron chi connectivity index (χ1n) is 8.26. The third kappa shape index (κ3) is 12.7. The number of alkyl carbamates (subject to hydrolysis) is 2. The van der Waals surface area contributed by atoms with E-state index >= 15 is 0 Å². The molecule has 0 saturated heterocycles. The topological polar surface area (TPSA) is 76.7 Å². The third-order valence-electron chi connectivity index (χ3n) is 2.87. The monoisotopic (exact) mass is 330 g/mol. The van der Waals surface area contributed by atoms with Gasteiger partial charge in [-0.1, -0.05) is 13.8 Å². The first-order valence-corrected chi connectivity index (χ1v) is 8.26. The van der Waals surface area contributed by atoms with Crippen LogP contribution in [0.2, 0.25) is 0 Å². The van der Waals surface area contributed by atoms with E-state index in [-0.39, 0.29) is 12.0 Å². The number of hydrogen-bond donors (Lipinski definition) is 2. The normalized spacial score (nSPS) is 13.4. The lowest BCUT2D eigenvalue weighted by Gasteiger charge is -2.26. The van der Waals surface area contributed by atoms with Crippen LogP contribution in [0.1, 0.15) is 68.2 Å². The van der Waals surface area contributed by atoms with Crippen LogP contribution < -0.4 is 10.6 Å². The Kier molecular flexibility index (Phi) is 8.42. The summed E-state index contributed by atoms with van der Waals surface area (Å²) in [6.07, 6.45) is 0.680. The van der Waals surface area contributed by atoms with Crippen LogP contribution in [0, 0.1) is 5.92 Å². The van der Waals surface area contributed by atoms with Gasteiger partial charge in [-0.15, -0.1) is 0 Å². The SMILES string of the molecule is CC(C)C(CCCNC(=O)OC(C)(C)C)NC(=O)OC(C)(C)C. The Hall–Kier alpha value is -1.46. The molecule has 136 valence electrons. The lowest BCUT2D eigenvalue weighted by molar-refractivity contribution is 0.0476. The van der Waals surface area contributed by atoms with Crippen molar-refractivity contribution in [3.05, 3.63) is 0 Å². The Morgan fingerprint density at radius 2 is 1.39 bits per heavy atom. The summed E-state index contributed by atoms with van der Waals surface area (Å²) < 4.78 is 10.4. The van der Waals surface area contributed by atoms with E-state index in [0.717, 1.165) is 12.8 Å². The predicted octanol–water partition coefficient (Wildman–Crippen LogP) is 3.84. The molecule has 0 bridgehead atoms. The average molecular weight is 330 g/mol. The van der Waals surface area contributed by atoms with Crippen molar-refractivity contribution in [2.24, 2.45) is 5.92 Å². The molecule has 0 heterocycles. The van der Waals surface area contributed by atoms with Crippen molar-refractivity contribution in [2.75, 3.05) is 6.54 Å². The molecule has 6 heteroatoms. The van der Waals surface area contributed by atoms with E-state index in [2.05, 4.69) is 10.6 Å². The van der Waals surface area contributed by atoms with E-state index in [0.29, 0.717) is 6.54 Å². The van der Waals surface area contributed by atoms with E-state index < -0.39 is 23.4 Å². The van der Waals surface area contributed by atoms with E-state index in [1.807, 2.05) is 55.4 Å². The zero-order chi connectivity index (χ0) is 18.3. The molecule has 0 aliphatic carbocycles. The van der Waals surface area contributed by atoms with Gasteiger partial charge in [0, 0.05) is 12.6 Å². The Morgan fingerprint density at radius 3 is 1.83 bits per heavy atom. The maximum Gasteiger partial charge on any atom is 0.407 e. The van der Waals surface area contributed by atoms with Crippen LogP contribution >= 0.6 is 0 Å². The van der Waals surface area contributed by atoms with Crippen LogP contribution in [-0.4, -0.2) is 36.0 Å². The van der Waals surface area contributed by atoms with Crippen LogP contribution in [-0.2, 0) is 9.47 Å². The van der Waals surface area contributed by atoms with E-state index in [1.165, 1.54) is 0 Å². The summed E-state index contributed by atoms with van der Waals surface area (Å²) >= 11 is 0. The Bertz CT molecular complexity index is 381. The van der Waals surface area contributed by atoms with Gasteiger partial charge in [0.2, 0.25) is 0 Å². The lowest BCUT2D eigenvalue weighted by Crippen LogP contribution is -2.42. The number of ether oxygens (including phenoxy) is 2. The summed E-state index contributed by atoms with van der Waals surface area (Å²) in [4.78, 5) is 23.4. The van der Waals surface area contributed by atoms with Crippen LogP contribution in [0.5, 0.6) is 0 Å². The summed E-state index contributed by atoms with van der Waals surface area (Å²) in [6, 6.07) is 0.00489. The van der Waals surface area contributed by atoms with E-state index in [4.69, 9.17) is 9.47 Å². The summed E-state index contributed by atoms with van der Waals surface area (Å²) in [5, 5.41) is 5.61. The molecule has 0 aromatic carbocycles. The van der Waals surface area contributed by atoms with Gasteiger partial charge in [0.25, 0.3) is 0 Å². The van der Waals surface area contributed by atoms with Crippen molar-refractivity contribution < 1.29 is 19.1 Å².